The van der Waals surface area contributed by atoms with Crippen molar-refractivity contribution in [2.75, 3.05) is 0 Å². The van der Waals surface area contributed by atoms with Crippen molar-refractivity contribution in [3.05, 3.63) is 27.6 Å². The predicted molar refractivity (Wildman–Crippen MR) is 45.5 cm³/mol. The van der Waals surface area contributed by atoms with Crippen LogP contribution in [0.4, 0.5) is 0 Å². The summed E-state index contributed by atoms with van der Waals surface area (Å²) in [7, 11) is 0. The summed E-state index contributed by atoms with van der Waals surface area (Å²) in [6.45, 7) is 0. The van der Waals surface area contributed by atoms with E-state index >= 15 is 0 Å². The largest absolute Gasteiger partial charge is 0.364 e. The molecule has 1 amide bonds. The van der Waals surface area contributed by atoms with E-state index in [1.54, 1.807) is 18.3 Å². The van der Waals surface area contributed by atoms with Gasteiger partial charge in [0.25, 0.3) is 5.91 Å². The number of aromatic nitrogens is 1. The van der Waals surface area contributed by atoms with Crippen molar-refractivity contribution >= 4 is 28.5 Å². The van der Waals surface area contributed by atoms with Crippen LogP contribution in [-0.2, 0) is 0 Å². The van der Waals surface area contributed by atoms with Crippen molar-refractivity contribution in [3.63, 3.8) is 0 Å². The van der Waals surface area contributed by atoms with E-state index in [4.69, 9.17) is 5.73 Å². The van der Waals surface area contributed by atoms with Gasteiger partial charge in [0, 0.05) is 9.77 Å². The molecule has 1 aromatic heterocycles. The van der Waals surface area contributed by atoms with Gasteiger partial charge in [0.2, 0.25) is 0 Å². The Hall–Kier alpha value is -0.650. The maximum absolute atomic E-state index is 10.5. The molecule has 1 rings (SSSR count). The quantitative estimate of drug-likeness (QED) is 0.747. The average molecular weight is 248 g/mol. The Morgan fingerprint density at radius 1 is 1.70 bits per heavy atom. The molecule has 2 N–H and O–H groups in total. The topological polar surface area (TPSA) is 56.0 Å². The van der Waals surface area contributed by atoms with Gasteiger partial charge in [-0.2, -0.15) is 0 Å². The maximum Gasteiger partial charge on any atom is 0.267 e. The summed E-state index contributed by atoms with van der Waals surface area (Å²) in [5.41, 5.74) is 5.29. The molecule has 0 aliphatic rings. The van der Waals surface area contributed by atoms with Crippen molar-refractivity contribution in [2.24, 2.45) is 5.73 Å². The van der Waals surface area contributed by atoms with Gasteiger partial charge in [0.1, 0.15) is 5.69 Å². The first kappa shape index (κ1) is 7.46. The molecule has 0 aliphatic heterocycles. The molecular weight excluding hydrogens is 243 g/mol. The van der Waals surface area contributed by atoms with Crippen molar-refractivity contribution in [2.45, 2.75) is 0 Å². The summed E-state index contributed by atoms with van der Waals surface area (Å²) in [6, 6.07) is 3.44. The number of rotatable bonds is 1. The van der Waals surface area contributed by atoms with E-state index in [0.29, 0.717) is 5.69 Å². The Morgan fingerprint density at radius 3 is 2.80 bits per heavy atom. The summed E-state index contributed by atoms with van der Waals surface area (Å²) in [4.78, 5) is 14.3. The van der Waals surface area contributed by atoms with Crippen LogP contribution in [0.2, 0.25) is 0 Å². The number of amides is 1. The van der Waals surface area contributed by atoms with Gasteiger partial charge in [-0.1, -0.05) is 0 Å². The minimum atomic E-state index is -0.487. The molecule has 0 saturated carbocycles. The first-order valence-electron chi connectivity index (χ1n) is 2.61. The van der Waals surface area contributed by atoms with E-state index in [9.17, 15) is 4.79 Å². The first-order chi connectivity index (χ1) is 4.70. The number of nitrogens with two attached hydrogens (primary N) is 1. The summed E-state index contributed by atoms with van der Waals surface area (Å²) in [6.07, 6.45) is 1.56. The third-order valence-corrected chi connectivity index (χ3v) is 1.65. The van der Waals surface area contributed by atoms with Crippen LogP contribution in [0.1, 0.15) is 10.5 Å². The Kier molecular flexibility index (Phi) is 2.21. The fourth-order valence-electron chi connectivity index (χ4n) is 0.540. The van der Waals surface area contributed by atoms with Gasteiger partial charge in [-0.05, 0) is 34.7 Å². The van der Waals surface area contributed by atoms with Crippen LogP contribution in [0.3, 0.4) is 0 Å². The molecule has 52 valence electrons. The highest BCUT2D eigenvalue weighted by Crippen LogP contribution is 2.03. The normalized spacial score (nSPS) is 9.30. The smallest absolute Gasteiger partial charge is 0.267 e. The monoisotopic (exact) mass is 248 g/mol. The fourth-order valence-corrected chi connectivity index (χ4v) is 0.995. The molecule has 1 heterocycles. The van der Waals surface area contributed by atoms with Gasteiger partial charge in [-0.3, -0.25) is 9.78 Å². The Morgan fingerprint density at radius 2 is 2.40 bits per heavy atom. The van der Waals surface area contributed by atoms with Crippen LogP contribution in [0, 0.1) is 3.57 Å². The molecule has 0 radical (unpaired) electrons. The summed E-state index contributed by atoms with van der Waals surface area (Å²) < 4.78 is 0.960. The predicted octanol–water partition coefficient (Wildman–Crippen LogP) is 0.785. The van der Waals surface area contributed by atoms with Crippen LogP contribution < -0.4 is 5.73 Å². The number of carbonyl (C=O) groups is 1. The lowest BCUT2D eigenvalue weighted by Gasteiger charge is -1.92. The number of pyridine rings is 1. The minimum Gasteiger partial charge on any atom is -0.364 e. The number of nitrogens with zero attached hydrogens (tertiary/aromatic N) is 1. The van der Waals surface area contributed by atoms with Crippen LogP contribution >= 0.6 is 22.6 Å². The lowest BCUT2D eigenvalue weighted by Crippen LogP contribution is -2.12. The highest BCUT2D eigenvalue weighted by atomic mass is 127. The molecule has 0 atom stereocenters. The molecule has 0 bridgehead atoms. The van der Waals surface area contributed by atoms with E-state index in [0.717, 1.165) is 3.57 Å². The van der Waals surface area contributed by atoms with Crippen LogP contribution in [0.5, 0.6) is 0 Å². The van der Waals surface area contributed by atoms with E-state index < -0.39 is 5.91 Å². The zero-order valence-corrected chi connectivity index (χ0v) is 7.20. The Bertz CT molecular complexity index is 262. The minimum absolute atomic E-state index is 0.312. The third kappa shape index (κ3) is 1.66. The van der Waals surface area contributed by atoms with Crippen molar-refractivity contribution < 1.29 is 4.79 Å². The van der Waals surface area contributed by atoms with Crippen LogP contribution in [0.25, 0.3) is 0 Å². The number of carbonyl (C=O) groups excluding carboxylic acids is 1. The third-order valence-electron chi connectivity index (χ3n) is 0.974. The first-order valence-corrected chi connectivity index (χ1v) is 3.69. The summed E-state index contributed by atoms with van der Waals surface area (Å²) in [5, 5.41) is 0. The highest BCUT2D eigenvalue weighted by Gasteiger charge is 1.99. The molecule has 1 aromatic rings. The van der Waals surface area contributed by atoms with E-state index in [1.165, 1.54) is 0 Å². The van der Waals surface area contributed by atoms with Gasteiger partial charge in [-0.25, -0.2) is 0 Å². The molecule has 0 aromatic carbocycles. The number of hydrogen-bond acceptors (Lipinski definition) is 2. The number of halogens is 1. The van der Waals surface area contributed by atoms with E-state index in [-0.39, 0.29) is 0 Å². The van der Waals surface area contributed by atoms with E-state index in [1.807, 2.05) is 0 Å². The van der Waals surface area contributed by atoms with Crippen molar-refractivity contribution in [1.29, 1.82) is 0 Å². The lowest BCUT2D eigenvalue weighted by molar-refractivity contribution is 0.0995. The van der Waals surface area contributed by atoms with Gasteiger partial charge in [-0.15, -0.1) is 0 Å². The molecular formula is C6H5IN2O. The summed E-state index contributed by atoms with van der Waals surface area (Å²) >= 11 is 2.09. The summed E-state index contributed by atoms with van der Waals surface area (Å²) in [5.74, 6) is -0.487. The zero-order chi connectivity index (χ0) is 7.56. The van der Waals surface area contributed by atoms with Gasteiger partial charge < -0.3 is 5.73 Å². The highest BCUT2D eigenvalue weighted by molar-refractivity contribution is 14.1. The maximum atomic E-state index is 10.5. The SMILES string of the molecule is NC(=O)c1cc(I)ccn1. The molecule has 4 heteroatoms. The second kappa shape index (κ2) is 2.96. The van der Waals surface area contributed by atoms with Crippen LogP contribution in [0.15, 0.2) is 18.3 Å². The Balaban J connectivity index is 3.07. The van der Waals surface area contributed by atoms with Gasteiger partial charge in [0.05, 0.1) is 0 Å². The number of primary amides is 1. The van der Waals surface area contributed by atoms with Gasteiger partial charge in [0.15, 0.2) is 0 Å². The van der Waals surface area contributed by atoms with Crippen molar-refractivity contribution in [1.82, 2.24) is 4.98 Å². The second-order valence-corrected chi connectivity index (χ2v) is 2.97. The second-order valence-electron chi connectivity index (χ2n) is 1.72. The van der Waals surface area contributed by atoms with E-state index in [2.05, 4.69) is 27.6 Å². The molecule has 0 unspecified atom stereocenters. The van der Waals surface area contributed by atoms with Crippen molar-refractivity contribution in [3.8, 4) is 0 Å². The molecule has 0 saturated heterocycles. The molecule has 0 fully saturated rings. The van der Waals surface area contributed by atoms with Crippen LogP contribution in [-0.4, -0.2) is 10.9 Å². The standard InChI is InChI=1S/C6H5IN2O/c7-4-1-2-9-5(3-4)6(8)10/h1-3H,(H2,8,10). The fraction of sp³-hybridized carbons (Fsp3) is 0. The van der Waals surface area contributed by atoms with Gasteiger partial charge >= 0.3 is 0 Å². The molecule has 0 spiro atoms. The number of hydrogen-bond donors (Lipinski definition) is 1. The lowest BCUT2D eigenvalue weighted by atomic mass is 10.3. The average Bonchev–Trinajstić information content (AvgIpc) is 1.88. The zero-order valence-electron chi connectivity index (χ0n) is 5.04. The molecule has 10 heavy (non-hydrogen) atoms. The Labute approximate surface area is 71.8 Å². The molecule has 3 nitrogen and oxygen atoms in total. The molecule has 0 aliphatic carbocycles.